The molecule has 3 rings (SSSR count). The normalized spacial score (nSPS) is 34.8. The summed E-state index contributed by atoms with van der Waals surface area (Å²) in [7, 11) is 0. The van der Waals surface area contributed by atoms with Crippen molar-refractivity contribution in [2.45, 2.75) is 65.0 Å². The molecule has 2 aliphatic carbocycles. The summed E-state index contributed by atoms with van der Waals surface area (Å²) in [5.41, 5.74) is 0.408. The topological polar surface area (TPSA) is 15.3 Å². The Labute approximate surface area is 113 Å². The van der Waals surface area contributed by atoms with Gasteiger partial charge in [0, 0.05) is 25.2 Å². The summed E-state index contributed by atoms with van der Waals surface area (Å²) in [4.78, 5) is 2.82. The molecule has 2 unspecified atom stereocenters. The Bertz CT molecular complexity index is 286. The summed E-state index contributed by atoms with van der Waals surface area (Å²) >= 11 is 0. The Morgan fingerprint density at radius 1 is 1.11 bits per heavy atom. The fourth-order valence-electron chi connectivity index (χ4n) is 3.51. The highest BCUT2D eigenvalue weighted by Gasteiger charge is 2.40. The average Bonchev–Trinajstić information content (AvgIpc) is 3.15. The van der Waals surface area contributed by atoms with E-state index in [0.717, 1.165) is 23.9 Å². The molecule has 0 amide bonds. The van der Waals surface area contributed by atoms with Gasteiger partial charge in [0.25, 0.3) is 0 Å². The summed E-state index contributed by atoms with van der Waals surface area (Å²) in [6.45, 7) is 11.1. The highest BCUT2D eigenvalue weighted by Crippen LogP contribution is 2.37. The van der Waals surface area contributed by atoms with Gasteiger partial charge < -0.3 is 5.32 Å². The maximum Gasteiger partial charge on any atom is 0.0269 e. The van der Waals surface area contributed by atoms with Gasteiger partial charge in [-0.3, -0.25) is 4.90 Å². The first-order valence-corrected chi connectivity index (χ1v) is 8.01. The summed E-state index contributed by atoms with van der Waals surface area (Å²) < 4.78 is 0. The fourth-order valence-corrected chi connectivity index (χ4v) is 3.51. The summed E-state index contributed by atoms with van der Waals surface area (Å²) in [6.07, 6.45) is 7.38. The minimum atomic E-state index is 0.408. The van der Waals surface area contributed by atoms with Gasteiger partial charge in [-0.2, -0.15) is 0 Å². The molecule has 2 atom stereocenters. The van der Waals surface area contributed by atoms with Crippen molar-refractivity contribution in [2.24, 2.45) is 17.3 Å². The van der Waals surface area contributed by atoms with Crippen molar-refractivity contribution in [3.8, 4) is 0 Å². The largest absolute Gasteiger partial charge is 0.311 e. The molecule has 3 aliphatic rings. The number of hydrogen-bond acceptors (Lipinski definition) is 2. The van der Waals surface area contributed by atoms with Gasteiger partial charge in [0.05, 0.1) is 0 Å². The van der Waals surface area contributed by atoms with Gasteiger partial charge in [0.2, 0.25) is 0 Å². The van der Waals surface area contributed by atoms with E-state index in [0.29, 0.717) is 5.41 Å². The van der Waals surface area contributed by atoms with Crippen LogP contribution in [0, 0.1) is 17.3 Å². The molecule has 0 spiro atoms. The van der Waals surface area contributed by atoms with Crippen molar-refractivity contribution in [1.82, 2.24) is 10.2 Å². The number of nitrogens with zero attached hydrogens (tertiary/aromatic N) is 1. The molecule has 3 fully saturated rings. The molecule has 104 valence electrons. The molecule has 1 heterocycles. The van der Waals surface area contributed by atoms with E-state index in [1.54, 1.807) is 0 Å². The Balaban J connectivity index is 1.60. The number of nitrogens with one attached hydrogen (secondary N) is 1. The Hall–Kier alpha value is -0.0800. The van der Waals surface area contributed by atoms with E-state index in [1.807, 2.05) is 0 Å². The summed E-state index contributed by atoms with van der Waals surface area (Å²) in [5, 5.41) is 3.83. The SMILES string of the molecule is CC(C)(C)C1CNC(C2CC2)CN1CCC1CC1. The Kier molecular flexibility index (Phi) is 3.44. The smallest absolute Gasteiger partial charge is 0.0269 e. The molecule has 0 aromatic heterocycles. The highest BCUT2D eigenvalue weighted by atomic mass is 15.2. The lowest BCUT2D eigenvalue weighted by molar-refractivity contribution is 0.0492. The van der Waals surface area contributed by atoms with Crippen molar-refractivity contribution in [2.75, 3.05) is 19.6 Å². The summed E-state index contributed by atoms with van der Waals surface area (Å²) in [6, 6.07) is 1.52. The molecule has 18 heavy (non-hydrogen) atoms. The van der Waals surface area contributed by atoms with Gasteiger partial charge in [0.1, 0.15) is 0 Å². The molecule has 1 saturated heterocycles. The van der Waals surface area contributed by atoms with Crippen molar-refractivity contribution in [3.05, 3.63) is 0 Å². The lowest BCUT2D eigenvalue weighted by Gasteiger charge is -2.46. The van der Waals surface area contributed by atoms with Crippen LogP contribution in [-0.2, 0) is 0 Å². The average molecular weight is 250 g/mol. The van der Waals surface area contributed by atoms with Gasteiger partial charge >= 0.3 is 0 Å². The number of hydrogen-bond donors (Lipinski definition) is 1. The second-order valence-corrected chi connectivity index (χ2v) is 7.96. The van der Waals surface area contributed by atoms with Crippen LogP contribution in [0.4, 0.5) is 0 Å². The fraction of sp³-hybridized carbons (Fsp3) is 1.00. The van der Waals surface area contributed by atoms with Crippen molar-refractivity contribution in [1.29, 1.82) is 0 Å². The first-order chi connectivity index (χ1) is 8.54. The van der Waals surface area contributed by atoms with E-state index in [9.17, 15) is 0 Å². The maximum absolute atomic E-state index is 3.83. The van der Waals surface area contributed by atoms with Crippen LogP contribution in [0.1, 0.15) is 52.9 Å². The van der Waals surface area contributed by atoms with Crippen molar-refractivity contribution in [3.63, 3.8) is 0 Å². The van der Waals surface area contributed by atoms with Gasteiger partial charge in [-0.25, -0.2) is 0 Å². The lowest BCUT2D eigenvalue weighted by Crippen LogP contribution is -2.61. The number of piperazine rings is 1. The van der Waals surface area contributed by atoms with Crippen molar-refractivity contribution >= 4 is 0 Å². The van der Waals surface area contributed by atoms with E-state index in [4.69, 9.17) is 0 Å². The molecule has 2 nitrogen and oxygen atoms in total. The highest BCUT2D eigenvalue weighted by molar-refractivity contribution is 4.97. The van der Waals surface area contributed by atoms with Crippen molar-refractivity contribution < 1.29 is 0 Å². The predicted molar refractivity (Wildman–Crippen MR) is 76.7 cm³/mol. The maximum atomic E-state index is 3.83. The van der Waals surface area contributed by atoms with E-state index in [1.165, 1.54) is 51.7 Å². The second kappa shape index (κ2) is 4.79. The van der Waals surface area contributed by atoms with Crippen LogP contribution in [0.25, 0.3) is 0 Å². The van der Waals surface area contributed by atoms with Gasteiger partial charge in [-0.15, -0.1) is 0 Å². The molecule has 0 aromatic carbocycles. The van der Waals surface area contributed by atoms with Crippen LogP contribution < -0.4 is 5.32 Å². The molecule has 1 aliphatic heterocycles. The van der Waals surface area contributed by atoms with E-state index in [2.05, 4.69) is 31.0 Å². The minimum Gasteiger partial charge on any atom is -0.311 e. The van der Waals surface area contributed by atoms with Gasteiger partial charge in [-0.1, -0.05) is 33.6 Å². The van der Waals surface area contributed by atoms with Crippen LogP contribution in [0.15, 0.2) is 0 Å². The van der Waals surface area contributed by atoms with Crippen LogP contribution in [0.5, 0.6) is 0 Å². The first kappa shape index (κ1) is 12.9. The zero-order valence-corrected chi connectivity index (χ0v) is 12.4. The lowest BCUT2D eigenvalue weighted by atomic mass is 9.83. The quantitative estimate of drug-likeness (QED) is 0.825. The van der Waals surface area contributed by atoms with Gasteiger partial charge in [-0.05, 0) is 43.1 Å². The summed E-state index contributed by atoms with van der Waals surface area (Å²) in [5.74, 6) is 2.06. The number of rotatable bonds is 4. The predicted octanol–water partition coefficient (Wildman–Crippen LogP) is 2.89. The van der Waals surface area contributed by atoms with Crippen LogP contribution >= 0.6 is 0 Å². The monoisotopic (exact) mass is 250 g/mol. The zero-order chi connectivity index (χ0) is 12.8. The molecule has 2 heteroatoms. The molecular formula is C16H30N2. The molecule has 1 N–H and O–H groups in total. The zero-order valence-electron chi connectivity index (χ0n) is 12.4. The first-order valence-electron chi connectivity index (χ1n) is 8.01. The minimum absolute atomic E-state index is 0.408. The van der Waals surface area contributed by atoms with E-state index >= 15 is 0 Å². The van der Waals surface area contributed by atoms with Crippen LogP contribution in [-0.4, -0.2) is 36.6 Å². The molecule has 0 bridgehead atoms. The van der Waals surface area contributed by atoms with Crippen LogP contribution in [0.3, 0.4) is 0 Å². The molecule has 0 aromatic rings. The standard InChI is InChI=1S/C16H30N2/c1-16(2,3)15-10-17-14(13-6-7-13)11-18(15)9-8-12-4-5-12/h12-15,17H,4-11H2,1-3H3. The molecule has 0 radical (unpaired) electrons. The third-order valence-corrected chi connectivity index (χ3v) is 5.16. The molecular weight excluding hydrogens is 220 g/mol. The Morgan fingerprint density at radius 2 is 1.83 bits per heavy atom. The van der Waals surface area contributed by atoms with E-state index < -0.39 is 0 Å². The second-order valence-electron chi connectivity index (χ2n) is 7.96. The molecule has 2 saturated carbocycles. The van der Waals surface area contributed by atoms with Crippen LogP contribution in [0.2, 0.25) is 0 Å². The third-order valence-electron chi connectivity index (χ3n) is 5.16. The van der Waals surface area contributed by atoms with Gasteiger partial charge in [0.15, 0.2) is 0 Å². The van der Waals surface area contributed by atoms with E-state index in [-0.39, 0.29) is 0 Å². The Morgan fingerprint density at radius 3 is 2.39 bits per heavy atom. The third kappa shape index (κ3) is 3.08.